The quantitative estimate of drug-likeness (QED) is 0.741. The summed E-state index contributed by atoms with van der Waals surface area (Å²) in [6.07, 6.45) is 7.73. The number of nitrogens with one attached hydrogen (secondary N) is 1. The van der Waals surface area contributed by atoms with Crippen molar-refractivity contribution in [1.82, 2.24) is 24.8 Å². The molecule has 0 aliphatic carbocycles. The Morgan fingerprint density at radius 2 is 2.00 bits per heavy atom. The molecule has 0 amide bonds. The lowest BCUT2D eigenvalue weighted by atomic mass is 10.0. The highest BCUT2D eigenvalue weighted by Gasteiger charge is 2.25. The van der Waals surface area contributed by atoms with Gasteiger partial charge in [-0.25, -0.2) is 4.98 Å². The van der Waals surface area contributed by atoms with Gasteiger partial charge in [0.1, 0.15) is 0 Å². The van der Waals surface area contributed by atoms with Gasteiger partial charge >= 0.3 is 0 Å². The van der Waals surface area contributed by atoms with Gasteiger partial charge in [-0.05, 0) is 50.3 Å². The van der Waals surface area contributed by atoms with Gasteiger partial charge < -0.3 is 4.90 Å². The number of aromatic amines is 1. The second-order valence-corrected chi connectivity index (χ2v) is 8.19. The maximum absolute atomic E-state index is 12.7. The molecule has 150 valence electrons. The molecule has 0 spiro atoms. The summed E-state index contributed by atoms with van der Waals surface area (Å²) in [4.78, 5) is 34.0. The molecule has 2 aliphatic rings. The summed E-state index contributed by atoms with van der Waals surface area (Å²) in [6, 6.07) is 6.65. The molecule has 7 heteroatoms. The highest BCUT2D eigenvalue weighted by molar-refractivity contribution is 5.74. The Morgan fingerprint density at radius 3 is 2.86 bits per heavy atom. The average Bonchev–Trinajstić information content (AvgIpc) is 2.74. The molecule has 1 N–H and O–H groups in total. The van der Waals surface area contributed by atoms with E-state index in [0.29, 0.717) is 12.6 Å². The molecule has 0 saturated carbocycles. The number of nitrogens with zero attached hydrogens (tertiary/aromatic N) is 5. The first-order valence-corrected chi connectivity index (χ1v) is 10.5. The van der Waals surface area contributed by atoms with E-state index in [1.54, 1.807) is 12.4 Å². The molecule has 1 aromatic carbocycles. The van der Waals surface area contributed by atoms with E-state index in [1.807, 2.05) is 6.07 Å². The summed E-state index contributed by atoms with van der Waals surface area (Å²) in [5, 5.41) is 0. The van der Waals surface area contributed by atoms with Crippen molar-refractivity contribution < 1.29 is 0 Å². The summed E-state index contributed by atoms with van der Waals surface area (Å²) in [5.41, 5.74) is 4.83. The topological polar surface area (TPSA) is 78.0 Å². The van der Waals surface area contributed by atoms with E-state index in [1.165, 1.54) is 12.0 Å². The summed E-state index contributed by atoms with van der Waals surface area (Å²) in [7, 11) is 0. The molecule has 29 heavy (non-hydrogen) atoms. The van der Waals surface area contributed by atoms with Crippen LogP contribution in [0.1, 0.15) is 43.0 Å². The van der Waals surface area contributed by atoms with Crippen LogP contribution in [0.25, 0.3) is 11.0 Å². The second-order valence-electron chi connectivity index (χ2n) is 8.19. The Labute approximate surface area is 169 Å². The number of piperidine rings is 1. The third-order valence-corrected chi connectivity index (χ3v) is 6.15. The van der Waals surface area contributed by atoms with Gasteiger partial charge in [0, 0.05) is 50.2 Å². The van der Waals surface area contributed by atoms with E-state index >= 15 is 0 Å². The molecular weight excluding hydrogens is 364 g/mol. The summed E-state index contributed by atoms with van der Waals surface area (Å²) < 4.78 is 0. The molecule has 1 fully saturated rings. The zero-order valence-corrected chi connectivity index (χ0v) is 16.8. The van der Waals surface area contributed by atoms with Crippen molar-refractivity contribution in [1.29, 1.82) is 0 Å². The van der Waals surface area contributed by atoms with E-state index in [-0.39, 0.29) is 5.56 Å². The Morgan fingerprint density at radius 1 is 1.14 bits per heavy atom. The number of benzene rings is 1. The number of fused-ring (bicyclic) bond motifs is 2. The zero-order chi connectivity index (χ0) is 19.8. The Bertz CT molecular complexity index is 1090. The van der Waals surface area contributed by atoms with Gasteiger partial charge in [0.05, 0.1) is 16.7 Å². The monoisotopic (exact) mass is 390 g/mol. The molecule has 0 unspecified atom stereocenters. The standard InChI is InChI=1S/C22H26N6O/c1-15-4-2-3-10-28(15)22-25-20-14-27(11-7-17(20)21(29)26-22)13-16-5-6-18-19(12-16)24-9-8-23-18/h5-6,8-9,12,15H,2-4,7,10-11,13-14H2,1H3,(H,25,26,29)/t15-/m0/s1. The highest BCUT2D eigenvalue weighted by atomic mass is 16.1. The second kappa shape index (κ2) is 7.55. The maximum Gasteiger partial charge on any atom is 0.255 e. The van der Waals surface area contributed by atoms with Gasteiger partial charge in [0.2, 0.25) is 5.95 Å². The normalized spacial score (nSPS) is 20.0. The van der Waals surface area contributed by atoms with Crippen LogP contribution >= 0.6 is 0 Å². The lowest BCUT2D eigenvalue weighted by Gasteiger charge is -2.35. The summed E-state index contributed by atoms with van der Waals surface area (Å²) in [6.45, 7) is 5.55. The summed E-state index contributed by atoms with van der Waals surface area (Å²) >= 11 is 0. The Balaban J connectivity index is 1.38. The lowest BCUT2D eigenvalue weighted by molar-refractivity contribution is 0.240. The van der Waals surface area contributed by atoms with E-state index in [9.17, 15) is 4.79 Å². The van der Waals surface area contributed by atoms with E-state index in [0.717, 1.165) is 67.1 Å². The molecule has 1 saturated heterocycles. The van der Waals surface area contributed by atoms with Crippen LogP contribution in [0, 0.1) is 0 Å². The molecule has 2 aromatic heterocycles. The van der Waals surface area contributed by atoms with Gasteiger partial charge in [0.25, 0.3) is 5.56 Å². The third-order valence-electron chi connectivity index (χ3n) is 6.15. The predicted octanol–water partition coefficient (Wildman–Crippen LogP) is 2.65. The first-order chi connectivity index (χ1) is 14.2. The minimum Gasteiger partial charge on any atom is -0.340 e. The molecule has 3 aromatic rings. The van der Waals surface area contributed by atoms with Crippen LogP contribution in [0.4, 0.5) is 5.95 Å². The number of anilines is 1. The smallest absolute Gasteiger partial charge is 0.255 e. The molecule has 0 radical (unpaired) electrons. The molecule has 7 nitrogen and oxygen atoms in total. The van der Waals surface area contributed by atoms with Crippen molar-refractivity contribution in [3.05, 3.63) is 57.8 Å². The predicted molar refractivity (Wildman–Crippen MR) is 113 cm³/mol. The maximum atomic E-state index is 12.7. The van der Waals surface area contributed by atoms with Crippen LogP contribution in [-0.2, 0) is 19.5 Å². The fourth-order valence-corrected chi connectivity index (χ4v) is 4.53. The molecule has 1 atom stereocenters. The molecule has 0 bridgehead atoms. The Hall–Kier alpha value is -2.80. The average molecular weight is 390 g/mol. The van der Waals surface area contributed by atoms with Crippen LogP contribution in [0.5, 0.6) is 0 Å². The van der Waals surface area contributed by atoms with Crippen molar-refractivity contribution in [3.63, 3.8) is 0 Å². The molecule has 4 heterocycles. The van der Waals surface area contributed by atoms with Gasteiger partial charge in [-0.1, -0.05) is 6.07 Å². The zero-order valence-electron chi connectivity index (χ0n) is 16.8. The number of rotatable bonds is 3. The lowest BCUT2D eigenvalue weighted by Crippen LogP contribution is -2.41. The fraction of sp³-hybridized carbons (Fsp3) is 0.455. The number of aromatic nitrogens is 4. The van der Waals surface area contributed by atoms with E-state index in [4.69, 9.17) is 4.98 Å². The molecule has 5 rings (SSSR count). The van der Waals surface area contributed by atoms with Crippen LogP contribution in [0.15, 0.2) is 35.4 Å². The van der Waals surface area contributed by atoms with Crippen molar-refractivity contribution >= 4 is 17.0 Å². The van der Waals surface area contributed by atoms with Gasteiger partial charge in [-0.3, -0.25) is 24.6 Å². The fourth-order valence-electron chi connectivity index (χ4n) is 4.53. The largest absolute Gasteiger partial charge is 0.340 e. The highest BCUT2D eigenvalue weighted by Crippen LogP contribution is 2.24. The SMILES string of the molecule is C[C@H]1CCCCN1c1nc2c(c(=O)[nH]1)CCN(Cc1ccc3nccnc3c1)C2. The first kappa shape index (κ1) is 18.2. The van der Waals surface area contributed by atoms with Crippen molar-refractivity contribution in [2.45, 2.75) is 51.7 Å². The molecule has 2 aliphatic heterocycles. The van der Waals surface area contributed by atoms with Crippen LogP contribution in [0.2, 0.25) is 0 Å². The van der Waals surface area contributed by atoms with Crippen LogP contribution < -0.4 is 10.5 Å². The van der Waals surface area contributed by atoms with Crippen molar-refractivity contribution in [3.8, 4) is 0 Å². The van der Waals surface area contributed by atoms with Gasteiger partial charge in [-0.2, -0.15) is 0 Å². The number of hydrogen-bond acceptors (Lipinski definition) is 6. The summed E-state index contributed by atoms with van der Waals surface area (Å²) in [5.74, 6) is 0.740. The van der Waals surface area contributed by atoms with Crippen molar-refractivity contribution in [2.24, 2.45) is 0 Å². The number of hydrogen-bond donors (Lipinski definition) is 1. The number of H-pyrrole nitrogens is 1. The van der Waals surface area contributed by atoms with Gasteiger partial charge in [-0.15, -0.1) is 0 Å². The molecular formula is C22H26N6O. The van der Waals surface area contributed by atoms with Crippen LogP contribution in [0.3, 0.4) is 0 Å². The van der Waals surface area contributed by atoms with Crippen LogP contribution in [-0.4, -0.2) is 44.0 Å². The Kier molecular flexibility index (Phi) is 4.75. The van der Waals surface area contributed by atoms with Gasteiger partial charge in [0.15, 0.2) is 0 Å². The van der Waals surface area contributed by atoms with E-state index in [2.05, 4.69) is 43.8 Å². The minimum atomic E-state index is 0.0309. The minimum absolute atomic E-state index is 0.0309. The van der Waals surface area contributed by atoms with E-state index < -0.39 is 0 Å². The first-order valence-electron chi connectivity index (χ1n) is 10.5. The van der Waals surface area contributed by atoms with Crippen molar-refractivity contribution in [2.75, 3.05) is 18.0 Å². The third kappa shape index (κ3) is 3.62.